The van der Waals surface area contributed by atoms with Crippen LogP contribution in [0.4, 0.5) is 18.9 Å². The van der Waals surface area contributed by atoms with E-state index in [9.17, 15) is 13.2 Å². The lowest BCUT2D eigenvalue weighted by atomic mass is 9.78. The zero-order valence-electron chi connectivity index (χ0n) is 9.42. The van der Waals surface area contributed by atoms with E-state index < -0.39 is 11.9 Å². The third-order valence-electron chi connectivity index (χ3n) is 2.89. The molecule has 0 spiro atoms. The Morgan fingerprint density at radius 1 is 1.22 bits per heavy atom. The van der Waals surface area contributed by atoms with Crippen LogP contribution in [0.25, 0.3) is 0 Å². The number of anilines is 1. The summed E-state index contributed by atoms with van der Waals surface area (Å²) < 4.78 is 39.6. The van der Waals surface area contributed by atoms with Crippen molar-refractivity contribution in [3.63, 3.8) is 0 Å². The summed E-state index contributed by atoms with van der Waals surface area (Å²) >= 11 is 0. The maximum Gasteiger partial charge on any atom is 0.573 e. The standard InChI is InChI=1S/C12H11F3N2O/c13-12(14,15)18-10-4-2-9(3-5-10)17-11(8-16)6-1-7-11/h2-5,17H,1,6-7H2. The van der Waals surface area contributed by atoms with E-state index in [1.807, 2.05) is 0 Å². The molecular formula is C12H11F3N2O. The van der Waals surface area contributed by atoms with E-state index in [4.69, 9.17) is 5.26 Å². The van der Waals surface area contributed by atoms with Crippen molar-refractivity contribution in [2.24, 2.45) is 0 Å². The van der Waals surface area contributed by atoms with Crippen LogP contribution in [0.3, 0.4) is 0 Å². The first-order valence-electron chi connectivity index (χ1n) is 5.48. The van der Waals surface area contributed by atoms with Crippen LogP contribution in [-0.4, -0.2) is 11.9 Å². The second kappa shape index (κ2) is 4.41. The SMILES string of the molecule is N#CC1(Nc2ccc(OC(F)(F)F)cc2)CCC1. The molecule has 0 aliphatic heterocycles. The molecular weight excluding hydrogens is 245 g/mol. The minimum atomic E-state index is -4.68. The van der Waals surface area contributed by atoms with Gasteiger partial charge in [0, 0.05) is 5.69 Å². The van der Waals surface area contributed by atoms with Crippen LogP contribution in [0, 0.1) is 11.3 Å². The Balaban J connectivity index is 2.02. The Hall–Kier alpha value is -1.90. The van der Waals surface area contributed by atoms with Gasteiger partial charge in [-0.2, -0.15) is 5.26 Å². The van der Waals surface area contributed by atoms with E-state index in [-0.39, 0.29) is 5.75 Å². The molecule has 1 saturated carbocycles. The number of hydrogen-bond donors (Lipinski definition) is 1. The molecule has 0 unspecified atom stereocenters. The number of nitrogens with one attached hydrogen (secondary N) is 1. The van der Waals surface area contributed by atoms with Gasteiger partial charge in [-0.3, -0.25) is 0 Å². The smallest absolute Gasteiger partial charge is 0.406 e. The van der Waals surface area contributed by atoms with Crippen molar-refractivity contribution in [2.45, 2.75) is 31.2 Å². The fourth-order valence-corrected chi connectivity index (χ4v) is 1.81. The highest BCUT2D eigenvalue weighted by Crippen LogP contribution is 2.35. The van der Waals surface area contributed by atoms with Gasteiger partial charge in [0.15, 0.2) is 0 Å². The van der Waals surface area contributed by atoms with Gasteiger partial charge in [0.05, 0.1) is 6.07 Å². The molecule has 2 rings (SSSR count). The monoisotopic (exact) mass is 256 g/mol. The predicted octanol–water partition coefficient (Wildman–Crippen LogP) is 3.44. The number of halogens is 3. The summed E-state index contributed by atoms with van der Waals surface area (Å²) in [5.41, 5.74) is 0.0534. The van der Waals surface area contributed by atoms with Crippen LogP contribution in [-0.2, 0) is 0 Å². The highest BCUT2D eigenvalue weighted by molar-refractivity contribution is 5.50. The second-order valence-electron chi connectivity index (χ2n) is 4.24. The van der Waals surface area contributed by atoms with Gasteiger partial charge in [-0.25, -0.2) is 0 Å². The van der Waals surface area contributed by atoms with Crippen molar-refractivity contribution in [3.05, 3.63) is 24.3 Å². The Kier molecular flexibility index (Phi) is 3.07. The highest BCUT2D eigenvalue weighted by atomic mass is 19.4. The second-order valence-corrected chi connectivity index (χ2v) is 4.24. The lowest BCUT2D eigenvalue weighted by Crippen LogP contribution is -2.43. The first-order valence-corrected chi connectivity index (χ1v) is 5.48. The molecule has 0 aromatic heterocycles. The summed E-state index contributed by atoms with van der Waals surface area (Å²) in [6.45, 7) is 0. The third kappa shape index (κ3) is 2.86. The number of ether oxygens (including phenoxy) is 1. The average Bonchev–Trinajstić information content (AvgIpc) is 2.24. The Labute approximate surface area is 102 Å². The molecule has 1 fully saturated rings. The molecule has 1 aliphatic rings. The summed E-state index contributed by atoms with van der Waals surface area (Å²) in [6.07, 6.45) is -2.19. The van der Waals surface area contributed by atoms with Gasteiger partial charge in [-0.1, -0.05) is 0 Å². The molecule has 96 valence electrons. The maximum absolute atomic E-state index is 12.0. The zero-order chi connectivity index (χ0) is 13.2. The molecule has 0 heterocycles. The molecule has 1 N–H and O–H groups in total. The average molecular weight is 256 g/mol. The van der Waals surface area contributed by atoms with Crippen molar-refractivity contribution in [1.29, 1.82) is 5.26 Å². The first kappa shape index (κ1) is 12.6. The minimum Gasteiger partial charge on any atom is -0.406 e. The van der Waals surface area contributed by atoms with Gasteiger partial charge in [-0.05, 0) is 43.5 Å². The van der Waals surface area contributed by atoms with Gasteiger partial charge >= 0.3 is 6.36 Å². The Bertz CT molecular complexity index is 458. The summed E-state index contributed by atoms with van der Waals surface area (Å²) in [4.78, 5) is 0. The molecule has 0 amide bonds. The molecule has 18 heavy (non-hydrogen) atoms. The first-order chi connectivity index (χ1) is 8.42. The van der Waals surface area contributed by atoms with Crippen LogP contribution in [0.15, 0.2) is 24.3 Å². The van der Waals surface area contributed by atoms with Crippen molar-refractivity contribution >= 4 is 5.69 Å². The van der Waals surface area contributed by atoms with Crippen LogP contribution in [0.2, 0.25) is 0 Å². The third-order valence-corrected chi connectivity index (χ3v) is 2.89. The predicted molar refractivity (Wildman–Crippen MR) is 58.9 cm³/mol. The molecule has 0 bridgehead atoms. The molecule has 1 aromatic rings. The summed E-state index contributed by atoms with van der Waals surface area (Å²) in [6, 6.07) is 7.58. The Morgan fingerprint density at radius 3 is 2.22 bits per heavy atom. The van der Waals surface area contributed by atoms with E-state index >= 15 is 0 Å². The van der Waals surface area contributed by atoms with Gasteiger partial charge < -0.3 is 10.1 Å². The molecule has 1 aromatic carbocycles. The molecule has 0 atom stereocenters. The molecule has 0 radical (unpaired) electrons. The fourth-order valence-electron chi connectivity index (χ4n) is 1.81. The zero-order valence-corrected chi connectivity index (χ0v) is 9.42. The minimum absolute atomic E-state index is 0.271. The van der Waals surface area contributed by atoms with Crippen molar-refractivity contribution < 1.29 is 17.9 Å². The number of hydrogen-bond acceptors (Lipinski definition) is 3. The van der Waals surface area contributed by atoms with E-state index in [1.165, 1.54) is 24.3 Å². The van der Waals surface area contributed by atoms with E-state index in [0.29, 0.717) is 5.69 Å². The Morgan fingerprint density at radius 2 is 1.83 bits per heavy atom. The van der Waals surface area contributed by atoms with Crippen LogP contribution < -0.4 is 10.1 Å². The largest absolute Gasteiger partial charge is 0.573 e. The van der Waals surface area contributed by atoms with E-state index in [2.05, 4.69) is 16.1 Å². The molecule has 0 saturated heterocycles. The van der Waals surface area contributed by atoms with Crippen LogP contribution in [0.5, 0.6) is 5.75 Å². The molecule has 1 aliphatic carbocycles. The number of nitriles is 1. The van der Waals surface area contributed by atoms with Gasteiger partial charge in [0.25, 0.3) is 0 Å². The lowest BCUT2D eigenvalue weighted by Gasteiger charge is -2.36. The normalized spacial score (nSPS) is 17.4. The maximum atomic E-state index is 12.0. The van der Waals surface area contributed by atoms with Gasteiger partial charge in [0.1, 0.15) is 11.3 Å². The van der Waals surface area contributed by atoms with Crippen molar-refractivity contribution in [3.8, 4) is 11.8 Å². The summed E-state index contributed by atoms with van der Waals surface area (Å²) in [7, 11) is 0. The number of nitrogens with zero attached hydrogens (tertiary/aromatic N) is 1. The number of benzene rings is 1. The van der Waals surface area contributed by atoms with Crippen molar-refractivity contribution in [1.82, 2.24) is 0 Å². The summed E-state index contributed by atoms with van der Waals surface area (Å²) in [5, 5.41) is 12.1. The quantitative estimate of drug-likeness (QED) is 0.900. The highest BCUT2D eigenvalue weighted by Gasteiger charge is 2.37. The van der Waals surface area contributed by atoms with Crippen molar-refractivity contribution in [2.75, 3.05) is 5.32 Å². The van der Waals surface area contributed by atoms with E-state index in [0.717, 1.165) is 19.3 Å². The summed E-state index contributed by atoms with van der Waals surface area (Å²) in [5.74, 6) is -0.271. The van der Waals surface area contributed by atoms with E-state index in [1.54, 1.807) is 0 Å². The van der Waals surface area contributed by atoms with Gasteiger partial charge in [0.2, 0.25) is 0 Å². The lowest BCUT2D eigenvalue weighted by molar-refractivity contribution is -0.274. The van der Waals surface area contributed by atoms with Crippen LogP contribution in [0.1, 0.15) is 19.3 Å². The van der Waals surface area contributed by atoms with Gasteiger partial charge in [-0.15, -0.1) is 13.2 Å². The number of alkyl halides is 3. The molecule has 6 heteroatoms. The molecule has 3 nitrogen and oxygen atoms in total. The van der Waals surface area contributed by atoms with Crippen LogP contribution >= 0.6 is 0 Å². The number of rotatable bonds is 3. The fraction of sp³-hybridized carbons (Fsp3) is 0.417. The topological polar surface area (TPSA) is 45.0 Å².